The van der Waals surface area contributed by atoms with E-state index in [1.807, 2.05) is 21.1 Å². The van der Waals surface area contributed by atoms with Gasteiger partial charge in [0.25, 0.3) is 0 Å². The van der Waals surface area contributed by atoms with Crippen molar-refractivity contribution in [3.63, 3.8) is 0 Å². The summed E-state index contributed by atoms with van der Waals surface area (Å²) >= 11 is 0. The van der Waals surface area contributed by atoms with Gasteiger partial charge in [0.2, 0.25) is 0 Å². The lowest BCUT2D eigenvalue weighted by Crippen LogP contribution is -2.50. The molecule has 0 heterocycles. The first-order valence-corrected chi connectivity index (χ1v) is 20.2. The SMILES string of the molecule is CC/C=C\C/C=C\C/C=C\C/C=C\CCCCCCCCCCC(=O)OC(COCCC(C(=O)O)[N+](C)(C)C)COC(=O)CCCCCCCC. The summed E-state index contributed by atoms with van der Waals surface area (Å²) in [6, 6.07) is -0.614. The van der Waals surface area contributed by atoms with E-state index in [-0.39, 0.29) is 36.2 Å². The molecular weight excluding hydrogens is 642 g/mol. The molecule has 0 aliphatic rings. The molecule has 0 aliphatic heterocycles. The van der Waals surface area contributed by atoms with Gasteiger partial charge in [-0.05, 0) is 51.4 Å². The van der Waals surface area contributed by atoms with E-state index in [1.54, 1.807) is 0 Å². The van der Waals surface area contributed by atoms with Crippen LogP contribution in [0.1, 0.15) is 155 Å². The number of carbonyl (C=O) groups is 3. The van der Waals surface area contributed by atoms with Crippen molar-refractivity contribution < 1.29 is 38.2 Å². The number of ether oxygens (including phenoxy) is 3. The lowest BCUT2D eigenvalue weighted by Gasteiger charge is -2.31. The maximum absolute atomic E-state index is 12.6. The largest absolute Gasteiger partial charge is 0.477 e. The van der Waals surface area contributed by atoms with Gasteiger partial charge >= 0.3 is 17.9 Å². The van der Waals surface area contributed by atoms with Gasteiger partial charge in [0.05, 0.1) is 34.4 Å². The number of nitrogens with zero attached hydrogens (tertiary/aromatic N) is 1. The summed E-state index contributed by atoms with van der Waals surface area (Å²) in [5, 5.41) is 9.57. The molecule has 0 fully saturated rings. The second-order valence-corrected chi connectivity index (χ2v) is 14.5. The Labute approximate surface area is 312 Å². The van der Waals surface area contributed by atoms with E-state index >= 15 is 0 Å². The molecule has 2 atom stereocenters. The summed E-state index contributed by atoms with van der Waals surface area (Å²) in [5.74, 6) is -1.49. The third-order valence-electron chi connectivity index (χ3n) is 8.74. The number of carboxylic acids is 1. The van der Waals surface area contributed by atoms with E-state index in [1.165, 1.54) is 51.4 Å². The molecule has 0 aromatic heterocycles. The molecule has 294 valence electrons. The molecule has 0 amide bonds. The smallest absolute Gasteiger partial charge is 0.362 e. The summed E-state index contributed by atoms with van der Waals surface area (Å²) in [5.41, 5.74) is 0. The molecule has 8 nitrogen and oxygen atoms in total. The van der Waals surface area contributed by atoms with Gasteiger partial charge in [0.15, 0.2) is 12.1 Å². The Hall–Kier alpha value is -2.71. The number of unbranched alkanes of at least 4 members (excludes halogenated alkanes) is 13. The molecule has 0 saturated carbocycles. The number of carbonyl (C=O) groups excluding carboxylic acids is 2. The lowest BCUT2D eigenvalue weighted by atomic mass is 10.1. The van der Waals surface area contributed by atoms with E-state index in [0.717, 1.165) is 70.6 Å². The van der Waals surface area contributed by atoms with Crippen molar-refractivity contribution >= 4 is 17.9 Å². The van der Waals surface area contributed by atoms with Crippen LogP contribution in [0, 0.1) is 0 Å². The van der Waals surface area contributed by atoms with Crippen LogP contribution in [0.25, 0.3) is 0 Å². The minimum absolute atomic E-state index is 0.0552. The monoisotopic (exact) mass is 719 g/mol. The summed E-state index contributed by atoms with van der Waals surface area (Å²) in [6.07, 6.45) is 38.9. The van der Waals surface area contributed by atoms with Gasteiger partial charge in [0, 0.05) is 19.3 Å². The molecule has 8 heteroatoms. The molecule has 0 saturated heterocycles. The van der Waals surface area contributed by atoms with Gasteiger partial charge in [0.1, 0.15) is 6.61 Å². The summed E-state index contributed by atoms with van der Waals surface area (Å²) in [6.45, 7) is 4.54. The Morgan fingerprint density at radius 3 is 1.63 bits per heavy atom. The summed E-state index contributed by atoms with van der Waals surface area (Å²) < 4.78 is 17.1. The highest BCUT2D eigenvalue weighted by Gasteiger charge is 2.31. The van der Waals surface area contributed by atoms with Crippen LogP contribution in [0.2, 0.25) is 0 Å². The van der Waals surface area contributed by atoms with Crippen molar-refractivity contribution in [2.45, 2.75) is 167 Å². The second-order valence-electron chi connectivity index (χ2n) is 14.5. The number of esters is 2. The van der Waals surface area contributed by atoms with Crippen LogP contribution in [-0.4, -0.2) is 80.6 Å². The molecule has 0 bridgehead atoms. The highest BCUT2D eigenvalue weighted by molar-refractivity contribution is 5.72. The van der Waals surface area contributed by atoms with E-state index in [2.05, 4.69) is 62.5 Å². The third-order valence-corrected chi connectivity index (χ3v) is 8.74. The predicted molar refractivity (Wildman–Crippen MR) is 211 cm³/mol. The molecule has 1 N–H and O–H groups in total. The summed E-state index contributed by atoms with van der Waals surface area (Å²) in [7, 11) is 5.51. The summed E-state index contributed by atoms with van der Waals surface area (Å²) in [4.78, 5) is 36.6. The van der Waals surface area contributed by atoms with E-state index in [9.17, 15) is 19.5 Å². The fourth-order valence-corrected chi connectivity index (χ4v) is 5.61. The molecule has 0 rings (SSSR count). The number of hydrogen-bond acceptors (Lipinski definition) is 6. The number of allylic oxidation sites excluding steroid dienone is 8. The second kappa shape index (κ2) is 34.4. The predicted octanol–water partition coefficient (Wildman–Crippen LogP) is 10.5. The van der Waals surface area contributed by atoms with Crippen LogP contribution in [-0.2, 0) is 28.6 Å². The quantitative estimate of drug-likeness (QED) is 0.0301. The lowest BCUT2D eigenvalue weighted by molar-refractivity contribution is -0.887. The standard InChI is InChI=1S/C43H75NO7/c1-6-8-10-12-14-15-16-17-18-19-20-21-22-23-24-25-26-27-28-30-32-34-42(46)51-39(37-49-36-35-40(43(47)48)44(3,4)5)38-50-41(45)33-31-29-13-11-9-7-2/h8,10,14-15,17-18,20-21,39-40H,6-7,9,11-13,16,19,22-38H2,1-5H3/p+1/b10-8-,15-14-,18-17-,21-20-. The van der Waals surface area contributed by atoms with Gasteiger partial charge in [-0.1, -0.05) is 133 Å². The zero-order chi connectivity index (χ0) is 37.8. The molecule has 0 aromatic rings. The van der Waals surface area contributed by atoms with E-state index < -0.39 is 18.1 Å². The van der Waals surface area contributed by atoms with Gasteiger partial charge in [-0.25, -0.2) is 4.79 Å². The topological polar surface area (TPSA) is 99.1 Å². The molecule has 0 radical (unpaired) electrons. The van der Waals surface area contributed by atoms with Crippen molar-refractivity contribution in [1.29, 1.82) is 0 Å². The first-order chi connectivity index (χ1) is 24.6. The van der Waals surface area contributed by atoms with Crippen LogP contribution in [0.4, 0.5) is 0 Å². The van der Waals surface area contributed by atoms with Crippen molar-refractivity contribution in [1.82, 2.24) is 0 Å². The van der Waals surface area contributed by atoms with Crippen LogP contribution < -0.4 is 0 Å². The molecule has 2 unspecified atom stereocenters. The molecule has 0 aliphatic carbocycles. The Bertz CT molecular complexity index is 979. The number of quaternary nitrogens is 1. The van der Waals surface area contributed by atoms with Crippen molar-refractivity contribution in [2.75, 3.05) is 41.0 Å². The first-order valence-electron chi connectivity index (χ1n) is 20.2. The minimum atomic E-state index is -0.879. The Morgan fingerprint density at radius 1 is 0.608 bits per heavy atom. The number of carboxylic acid groups (broad SMARTS) is 1. The van der Waals surface area contributed by atoms with Crippen molar-refractivity contribution in [3.8, 4) is 0 Å². The zero-order valence-corrected chi connectivity index (χ0v) is 33.3. The van der Waals surface area contributed by atoms with Crippen LogP contribution in [0.5, 0.6) is 0 Å². The Kier molecular flexibility index (Phi) is 32.6. The average Bonchev–Trinajstić information content (AvgIpc) is 3.08. The van der Waals surface area contributed by atoms with Crippen molar-refractivity contribution in [3.05, 3.63) is 48.6 Å². The van der Waals surface area contributed by atoms with Crippen LogP contribution in [0.15, 0.2) is 48.6 Å². The number of hydrogen-bond donors (Lipinski definition) is 1. The Morgan fingerprint density at radius 2 is 1.10 bits per heavy atom. The van der Waals surface area contributed by atoms with Gasteiger partial charge in [-0.2, -0.15) is 0 Å². The molecule has 0 aromatic carbocycles. The van der Waals surface area contributed by atoms with E-state index in [0.29, 0.717) is 19.3 Å². The molecular formula is C43H76NO7+. The fraction of sp³-hybridized carbons (Fsp3) is 0.744. The number of rotatable bonds is 35. The van der Waals surface area contributed by atoms with Crippen molar-refractivity contribution in [2.24, 2.45) is 0 Å². The average molecular weight is 719 g/mol. The van der Waals surface area contributed by atoms with Gasteiger partial charge < -0.3 is 23.8 Å². The number of aliphatic carboxylic acids is 1. The Balaban J connectivity index is 4.24. The molecule has 0 spiro atoms. The van der Waals surface area contributed by atoms with Gasteiger partial charge in [-0.3, -0.25) is 9.59 Å². The maximum Gasteiger partial charge on any atom is 0.362 e. The third kappa shape index (κ3) is 32.9. The van der Waals surface area contributed by atoms with Gasteiger partial charge in [-0.15, -0.1) is 0 Å². The maximum atomic E-state index is 12.6. The van der Waals surface area contributed by atoms with Crippen LogP contribution >= 0.6 is 0 Å². The fourth-order valence-electron chi connectivity index (χ4n) is 5.61. The highest BCUT2D eigenvalue weighted by Crippen LogP contribution is 2.13. The number of likely N-dealkylation sites (N-methyl/N-ethyl adjacent to an activating group) is 1. The highest BCUT2D eigenvalue weighted by atomic mass is 16.6. The normalized spacial score (nSPS) is 13.5. The van der Waals surface area contributed by atoms with Crippen LogP contribution in [0.3, 0.4) is 0 Å². The molecule has 51 heavy (non-hydrogen) atoms. The minimum Gasteiger partial charge on any atom is -0.477 e. The van der Waals surface area contributed by atoms with E-state index in [4.69, 9.17) is 14.2 Å². The first kappa shape index (κ1) is 48.3. The zero-order valence-electron chi connectivity index (χ0n) is 33.3.